The molecule has 0 aliphatic carbocycles. The van der Waals surface area contributed by atoms with Gasteiger partial charge in [-0.05, 0) is 12.0 Å². The first-order valence-corrected chi connectivity index (χ1v) is 5.93. The largest absolute Gasteiger partial charge is 0.391 e. The molecule has 1 heterocycles. The van der Waals surface area contributed by atoms with Gasteiger partial charge in [-0.3, -0.25) is 4.79 Å². The van der Waals surface area contributed by atoms with Gasteiger partial charge in [0.1, 0.15) is 0 Å². The number of likely N-dealkylation sites (N-methyl/N-ethyl adjacent to an activating group) is 1. The van der Waals surface area contributed by atoms with Crippen LogP contribution in [0.1, 0.15) is 13.8 Å². The number of nitrogens with one attached hydrogen (secondary N) is 1. The molecule has 0 aliphatic heterocycles. The zero-order chi connectivity index (χ0) is 13.5. The van der Waals surface area contributed by atoms with E-state index < -0.39 is 6.10 Å². The Hall–Kier alpha value is -1.69. The quantitative estimate of drug-likeness (QED) is 0.747. The van der Waals surface area contributed by atoms with Crippen LogP contribution in [0.3, 0.4) is 0 Å². The molecule has 6 nitrogen and oxygen atoms in total. The molecule has 0 radical (unpaired) electrons. The van der Waals surface area contributed by atoms with Crippen molar-refractivity contribution in [1.82, 2.24) is 15.3 Å². The number of hydrogen-bond acceptors (Lipinski definition) is 5. The van der Waals surface area contributed by atoms with Crippen LogP contribution in [-0.4, -0.2) is 47.2 Å². The Morgan fingerprint density at radius 3 is 2.61 bits per heavy atom. The fourth-order valence-electron chi connectivity index (χ4n) is 1.28. The van der Waals surface area contributed by atoms with Gasteiger partial charge in [-0.1, -0.05) is 13.8 Å². The molecule has 0 spiro atoms. The average molecular weight is 252 g/mol. The van der Waals surface area contributed by atoms with E-state index in [9.17, 15) is 9.90 Å². The molecule has 6 heteroatoms. The summed E-state index contributed by atoms with van der Waals surface area (Å²) >= 11 is 0. The van der Waals surface area contributed by atoms with Crippen molar-refractivity contribution in [2.45, 2.75) is 20.0 Å². The van der Waals surface area contributed by atoms with Crippen molar-refractivity contribution in [3.63, 3.8) is 0 Å². The molecule has 100 valence electrons. The minimum absolute atomic E-state index is 0.125. The average Bonchev–Trinajstić information content (AvgIpc) is 2.36. The summed E-state index contributed by atoms with van der Waals surface area (Å²) in [7, 11) is 1.74. The molecule has 2 N–H and O–H groups in total. The molecular weight excluding hydrogens is 232 g/mol. The van der Waals surface area contributed by atoms with Crippen molar-refractivity contribution in [1.29, 1.82) is 0 Å². The maximum Gasteiger partial charge on any atom is 0.239 e. The molecule has 0 saturated carbocycles. The Labute approximate surface area is 107 Å². The molecule has 0 aromatic carbocycles. The smallest absolute Gasteiger partial charge is 0.239 e. The summed E-state index contributed by atoms with van der Waals surface area (Å²) in [5.74, 6) is 0.460. The monoisotopic (exact) mass is 252 g/mol. The van der Waals surface area contributed by atoms with Crippen molar-refractivity contribution in [2.24, 2.45) is 5.92 Å². The van der Waals surface area contributed by atoms with Gasteiger partial charge in [-0.25, -0.2) is 9.97 Å². The van der Waals surface area contributed by atoms with E-state index >= 15 is 0 Å². The fourth-order valence-corrected chi connectivity index (χ4v) is 1.28. The van der Waals surface area contributed by atoms with Crippen LogP contribution in [0.25, 0.3) is 0 Å². The predicted molar refractivity (Wildman–Crippen MR) is 69.2 cm³/mol. The Morgan fingerprint density at radius 1 is 1.44 bits per heavy atom. The molecule has 0 fully saturated rings. The van der Waals surface area contributed by atoms with Gasteiger partial charge < -0.3 is 15.3 Å². The van der Waals surface area contributed by atoms with Gasteiger partial charge in [0.15, 0.2) is 0 Å². The molecule has 0 aliphatic rings. The summed E-state index contributed by atoms with van der Waals surface area (Å²) in [6, 6.07) is 1.72. The lowest BCUT2D eigenvalue weighted by Crippen LogP contribution is -2.40. The molecule has 1 amide bonds. The van der Waals surface area contributed by atoms with E-state index in [0.717, 1.165) is 0 Å². The summed E-state index contributed by atoms with van der Waals surface area (Å²) in [6.07, 6.45) is 2.73. The molecule has 1 rings (SSSR count). The van der Waals surface area contributed by atoms with E-state index in [1.165, 1.54) is 0 Å². The van der Waals surface area contributed by atoms with Crippen LogP contribution >= 0.6 is 0 Å². The fraction of sp³-hybridized carbons (Fsp3) is 0.583. The number of hydrogen-bond donors (Lipinski definition) is 2. The van der Waals surface area contributed by atoms with E-state index in [0.29, 0.717) is 5.95 Å². The predicted octanol–water partition coefficient (Wildman–Crippen LogP) is 0.0459. The van der Waals surface area contributed by atoms with Crippen LogP contribution in [0.5, 0.6) is 0 Å². The summed E-state index contributed by atoms with van der Waals surface area (Å²) in [4.78, 5) is 21.4. The molecule has 1 aromatic heterocycles. The number of nitrogens with zero attached hydrogens (tertiary/aromatic N) is 3. The van der Waals surface area contributed by atoms with Crippen LogP contribution in [0.15, 0.2) is 18.5 Å². The maximum absolute atomic E-state index is 11.6. The van der Waals surface area contributed by atoms with E-state index in [2.05, 4.69) is 15.3 Å². The molecule has 0 saturated heterocycles. The van der Waals surface area contributed by atoms with E-state index in [-0.39, 0.29) is 24.9 Å². The van der Waals surface area contributed by atoms with E-state index in [1.54, 1.807) is 30.4 Å². The highest BCUT2D eigenvalue weighted by molar-refractivity contribution is 5.80. The first-order valence-electron chi connectivity index (χ1n) is 5.93. The Balaban J connectivity index is 2.37. The van der Waals surface area contributed by atoms with Gasteiger partial charge >= 0.3 is 0 Å². The van der Waals surface area contributed by atoms with E-state index in [4.69, 9.17) is 0 Å². The molecule has 0 bridgehead atoms. The third-order valence-electron chi connectivity index (χ3n) is 2.55. The van der Waals surface area contributed by atoms with Crippen LogP contribution in [0.2, 0.25) is 0 Å². The molecule has 1 unspecified atom stereocenters. The highest BCUT2D eigenvalue weighted by atomic mass is 16.3. The lowest BCUT2D eigenvalue weighted by molar-refractivity contribution is -0.120. The number of rotatable bonds is 6. The third-order valence-corrected chi connectivity index (χ3v) is 2.55. The highest BCUT2D eigenvalue weighted by Gasteiger charge is 2.12. The normalized spacial score (nSPS) is 12.3. The van der Waals surface area contributed by atoms with Crippen molar-refractivity contribution < 1.29 is 9.90 Å². The summed E-state index contributed by atoms with van der Waals surface area (Å²) in [5.41, 5.74) is 0. The van der Waals surface area contributed by atoms with Crippen LogP contribution in [0, 0.1) is 5.92 Å². The lowest BCUT2D eigenvalue weighted by Gasteiger charge is -2.18. The zero-order valence-electron chi connectivity index (χ0n) is 11.0. The Kier molecular flexibility index (Phi) is 5.51. The highest BCUT2D eigenvalue weighted by Crippen LogP contribution is 2.01. The van der Waals surface area contributed by atoms with Crippen molar-refractivity contribution >= 4 is 11.9 Å². The Morgan fingerprint density at radius 2 is 2.06 bits per heavy atom. The topological polar surface area (TPSA) is 78.4 Å². The second kappa shape index (κ2) is 6.90. The molecular formula is C12H20N4O2. The zero-order valence-corrected chi connectivity index (χ0v) is 11.0. The van der Waals surface area contributed by atoms with Crippen molar-refractivity contribution in [2.75, 3.05) is 25.0 Å². The maximum atomic E-state index is 11.6. The second-order valence-electron chi connectivity index (χ2n) is 4.52. The van der Waals surface area contributed by atoms with Gasteiger partial charge in [0.05, 0.1) is 12.6 Å². The van der Waals surface area contributed by atoms with Crippen LogP contribution < -0.4 is 10.2 Å². The standard InChI is InChI=1S/C12H20N4O2/c1-9(2)10(17)7-15-11(18)8-16(3)12-13-5-4-6-14-12/h4-6,9-10,17H,7-8H2,1-3H3,(H,15,18). The van der Waals surface area contributed by atoms with E-state index in [1.807, 2.05) is 13.8 Å². The van der Waals surface area contributed by atoms with Crippen molar-refractivity contribution in [3.05, 3.63) is 18.5 Å². The van der Waals surface area contributed by atoms with Gasteiger partial charge in [-0.15, -0.1) is 0 Å². The van der Waals surface area contributed by atoms with Crippen LogP contribution in [0.4, 0.5) is 5.95 Å². The lowest BCUT2D eigenvalue weighted by atomic mass is 10.1. The summed E-state index contributed by atoms with van der Waals surface area (Å²) in [5, 5.41) is 12.3. The summed E-state index contributed by atoms with van der Waals surface area (Å²) < 4.78 is 0. The number of carbonyl (C=O) groups excluding carboxylic acids is 1. The number of amides is 1. The van der Waals surface area contributed by atoms with Crippen molar-refractivity contribution in [3.8, 4) is 0 Å². The molecule has 18 heavy (non-hydrogen) atoms. The minimum Gasteiger partial charge on any atom is -0.391 e. The Bertz CT molecular complexity index is 370. The van der Waals surface area contributed by atoms with Gasteiger partial charge in [-0.2, -0.15) is 0 Å². The third kappa shape index (κ3) is 4.67. The number of carbonyl (C=O) groups is 1. The van der Waals surface area contributed by atoms with Gasteiger partial charge in [0.2, 0.25) is 11.9 Å². The first-order chi connectivity index (χ1) is 8.50. The first kappa shape index (κ1) is 14.4. The number of aliphatic hydroxyl groups excluding tert-OH is 1. The number of anilines is 1. The second-order valence-corrected chi connectivity index (χ2v) is 4.52. The van der Waals surface area contributed by atoms with Gasteiger partial charge in [0, 0.05) is 26.0 Å². The molecule has 1 aromatic rings. The summed E-state index contributed by atoms with van der Waals surface area (Å²) in [6.45, 7) is 4.23. The number of aliphatic hydroxyl groups is 1. The van der Waals surface area contributed by atoms with Crippen LogP contribution in [-0.2, 0) is 4.79 Å². The SMILES string of the molecule is CC(C)C(O)CNC(=O)CN(C)c1ncccn1. The van der Waals surface area contributed by atoms with Gasteiger partial charge in [0.25, 0.3) is 0 Å². The minimum atomic E-state index is -0.521. The number of aromatic nitrogens is 2. The molecule has 1 atom stereocenters.